The smallest absolute Gasteiger partial charge is 0.258 e. The number of anilines is 1. The Kier molecular flexibility index (Phi) is 6.23. The molecule has 0 saturated carbocycles. The molecule has 0 aliphatic rings. The summed E-state index contributed by atoms with van der Waals surface area (Å²) in [6, 6.07) is 10.3. The number of thiocarbonyl (C=S) groups is 1. The van der Waals surface area contributed by atoms with Gasteiger partial charge < -0.3 is 5.32 Å². The number of hydrogen-bond donors (Lipinski definition) is 2. The molecule has 2 aromatic rings. The van der Waals surface area contributed by atoms with Crippen molar-refractivity contribution < 1.29 is 4.79 Å². The minimum Gasteiger partial charge on any atom is -0.331 e. The number of hydrogen-bond acceptors (Lipinski definition) is 2. The molecule has 0 aliphatic heterocycles. The maximum atomic E-state index is 12.2. The fourth-order valence-corrected chi connectivity index (χ4v) is 3.07. The minimum atomic E-state index is -0.406. The quantitative estimate of drug-likeness (QED) is 0.544. The molecule has 114 valence electrons. The van der Waals surface area contributed by atoms with Crippen LogP contribution in [-0.2, 0) is 0 Å². The first-order valence-corrected chi connectivity index (χ1v) is 8.64. The summed E-state index contributed by atoms with van der Waals surface area (Å²) in [5.41, 5.74) is 0.914. The number of carbonyl (C=O) groups is 1. The summed E-state index contributed by atoms with van der Waals surface area (Å²) in [7, 11) is 0. The van der Waals surface area contributed by atoms with Crippen LogP contribution in [0.5, 0.6) is 0 Å². The monoisotopic (exact) mass is 480 g/mol. The van der Waals surface area contributed by atoms with Crippen LogP contribution < -0.4 is 10.6 Å². The second-order valence-electron chi connectivity index (χ2n) is 4.16. The summed E-state index contributed by atoms with van der Waals surface area (Å²) >= 11 is 23.8. The zero-order valence-corrected chi connectivity index (χ0v) is 16.3. The third kappa shape index (κ3) is 4.67. The lowest BCUT2D eigenvalue weighted by Gasteiger charge is -2.12. The molecular weight excluding hydrogens is 475 g/mol. The van der Waals surface area contributed by atoms with Gasteiger partial charge in [-0.25, -0.2) is 0 Å². The van der Waals surface area contributed by atoms with Gasteiger partial charge in [0.15, 0.2) is 5.11 Å². The second kappa shape index (κ2) is 7.75. The van der Waals surface area contributed by atoms with Gasteiger partial charge in [-0.15, -0.1) is 0 Å². The number of amides is 1. The summed E-state index contributed by atoms with van der Waals surface area (Å²) in [4.78, 5) is 12.2. The molecule has 0 saturated heterocycles. The highest BCUT2D eigenvalue weighted by atomic mass is 79.9. The zero-order chi connectivity index (χ0) is 16.3. The van der Waals surface area contributed by atoms with Gasteiger partial charge in [0, 0.05) is 8.95 Å². The van der Waals surface area contributed by atoms with Crippen molar-refractivity contribution in [2.75, 3.05) is 5.32 Å². The van der Waals surface area contributed by atoms with Crippen molar-refractivity contribution in [1.82, 2.24) is 5.32 Å². The predicted molar refractivity (Wildman–Crippen MR) is 102 cm³/mol. The van der Waals surface area contributed by atoms with Gasteiger partial charge in [-0.1, -0.05) is 55.1 Å². The van der Waals surface area contributed by atoms with Gasteiger partial charge in [-0.05, 0) is 48.6 Å². The molecule has 0 aromatic heterocycles. The Morgan fingerprint density at radius 2 is 1.64 bits per heavy atom. The molecule has 8 heteroatoms. The Labute approximate surface area is 159 Å². The molecule has 3 nitrogen and oxygen atoms in total. The van der Waals surface area contributed by atoms with Crippen LogP contribution in [0.1, 0.15) is 10.4 Å². The molecule has 0 heterocycles. The third-order valence-corrected chi connectivity index (χ3v) is 4.41. The number of halogens is 4. The average Bonchev–Trinajstić information content (AvgIpc) is 2.44. The molecule has 2 N–H and O–H groups in total. The standard InChI is InChI=1S/C14H8Br2Cl2N2OS/c15-7-1-3-10(17)9(5-7)13(21)20-14(22)19-12-4-2-8(16)6-11(12)18/h1-6H,(H2,19,20,21,22). The van der Waals surface area contributed by atoms with Crippen LogP contribution in [0.15, 0.2) is 45.3 Å². The van der Waals surface area contributed by atoms with Crippen LogP contribution in [0, 0.1) is 0 Å². The van der Waals surface area contributed by atoms with Gasteiger partial charge in [0.1, 0.15) is 0 Å². The summed E-state index contributed by atoms with van der Waals surface area (Å²) in [5.74, 6) is -0.406. The van der Waals surface area contributed by atoms with Crippen molar-refractivity contribution in [3.05, 3.63) is 61.0 Å². The molecule has 0 bridgehead atoms. The first kappa shape index (κ1) is 17.7. The maximum Gasteiger partial charge on any atom is 0.258 e. The fraction of sp³-hybridized carbons (Fsp3) is 0. The lowest BCUT2D eigenvalue weighted by atomic mass is 10.2. The molecule has 22 heavy (non-hydrogen) atoms. The number of carbonyl (C=O) groups excluding carboxylic acids is 1. The predicted octanol–water partition coefficient (Wildman–Crippen LogP) is 5.65. The fourth-order valence-electron chi connectivity index (χ4n) is 1.59. The molecule has 0 spiro atoms. The van der Waals surface area contributed by atoms with Crippen LogP contribution >= 0.6 is 67.3 Å². The highest BCUT2D eigenvalue weighted by Gasteiger charge is 2.13. The normalized spacial score (nSPS) is 10.2. The van der Waals surface area contributed by atoms with Crippen LogP contribution in [0.3, 0.4) is 0 Å². The Morgan fingerprint density at radius 3 is 2.32 bits per heavy atom. The van der Waals surface area contributed by atoms with Crippen molar-refractivity contribution in [1.29, 1.82) is 0 Å². The summed E-state index contributed by atoms with van der Waals surface area (Å²) < 4.78 is 1.59. The van der Waals surface area contributed by atoms with E-state index in [0.29, 0.717) is 21.3 Å². The van der Waals surface area contributed by atoms with Crippen molar-refractivity contribution in [2.24, 2.45) is 0 Å². The largest absolute Gasteiger partial charge is 0.331 e. The Hall–Kier alpha value is -0.660. The van der Waals surface area contributed by atoms with E-state index in [2.05, 4.69) is 42.5 Å². The van der Waals surface area contributed by atoms with E-state index < -0.39 is 5.91 Å². The van der Waals surface area contributed by atoms with E-state index in [1.54, 1.807) is 30.3 Å². The Bertz CT molecular complexity index is 756. The van der Waals surface area contributed by atoms with E-state index in [-0.39, 0.29) is 5.11 Å². The van der Waals surface area contributed by atoms with Crippen LogP contribution in [0.2, 0.25) is 10.0 Å². The molecule has 1 amide bonds. The minimum absolute atomic E-state index is 0.130. The molecule has 0 fully saturated rings. The van der Waals surface area contributed by atoms with E-state index in [1.165, 1.54) is 0 Å². The summed E-state index contributed by atoms with van der Waals surface area (Å²) in [6.45, 7) is 0. The Balaban J connectivity index is 2.08. The second-order valence-corrected chi connectivity index (χ2v) is 7.21. The van der Waals surface area contributed by atoms with Crippen molar-refractivity contribution in [3.63, 3.8) is 0 Å². The average molecular weight is 483 g/mol. The number of nitrogens with one attached hydrogen (secondary N) is 2. The molecule has 2 rings (SSSR count). The van der Waals surface area contributed by atoms with E-state index in [4.69, 9.17) is 35.4 Å². The van der Waals surface area contributed by atoms with Crippen molar-refractivity contribution in [2.45, 2.75) is 0 Å². The number of benzene rings is 2. The van der Waals surface area contributed by atoms with Crippen LogP contribution in [-0.4, -0.2) is 11.0 Å². The van der Waals surface area contributed by atoms with Crippen molar-refractivity contribution >= 4 is 84.0 Å². The first-order valence-electron chi connectivity index (χ1n) is 5.89. The van der Waals surface area contributed by atoms with E-state index in [0.717, 1.165) is 8.95 Å². The van der Waals surface area contributed by atoms with Gasteiger partial charge in [-0.2, -0.15) is 0 Å². The topological polar surface area (TPSA) is 41.1 Å². The Morgan fingerprint density at radius 1 is 1.00 bits per heavy atom. The van der Waals surface area contributed by atoms with Crippen LogP contribution in [0.4, 0.5) is 5.69 Å². The summed E-state index contributed by atoms with van der Waals surface area (Å²) in [5, 5.41) is 6.37. The zero-order valence-electron chi connectivity index (χ0n) is 10.8. The van der Waals surface area contributed by atoms with E-state index >= 15 is 0 Å². The van der Waals surface area contributed by atoms with Gasteiger partial charge in [-0.3, -0.25) is 10.1 Å². The van der Waals surface area contributed by atoms with Crippen molar-refractivity contribution in [3.8, 4) is 0 Å². The molecule has 0 atom stereocenters. The SMILES string of the molecule is O=C(NC(=S)Nc1ccc(Br)cc1Cl)c1cc(Br)ccc1Cl. The summed E-state index contributed by atoms with van der Waals surface area (Å²) in [6.07, 6.45) is 0. The first-order chi connectivity index (χ1) is 10.4. The van der Waals surface area contributed by atoms with Gasteiger partial charge in [0.2, 0.25) is 0 Å². The lowest BCUT2D eigenvalue weighted by Crippen LogP contribution is -2.34. The molecule has 2 aromatic carbocycles. The van der Waals surface area contributed by atoms with Gasteiger partial charge in [0.25, 0.3) is 5.91 Å². The maximum absolute atomic E-state index is 12.2. The molecule has 0 radical (unpaired) electrons. The highest BCUT2D eigenvalue weighted by molar-refractivity contribution is 9.10. The van der Waals surface area contributed by atoms with E-state index in [1.807, 2.05) is 6.07 Å². The molecule has 0 aliphatic carbocycles. The molecule has 0 unspecified atom stereocenters. The van der Waals surface area contributed by atoms with E-state index in [9.17, 15) is 4.79 Å². The number of rotatable bonds is 2. The van der Waals surface area contributed by atoms with Gasteiger partial charge >= 0.3 is 0 Å². The van der Waals surface area contributed by atoms with Crippen LogP contribution in [0.25, 0.3) is 0 Å². The third-order valence-electron chi connectivity index (χ3n) is 2.58. The highest BCUT2D eigenvalue weighted by Crippen LogP contribution is 2.25. The molecular formula is C14H8Br2Cl2N2OS. The lowest BCUT2D eigenvalue weighted by molar-refractivity contribution is 0.0978. The van der Waals surface area contributed by atoms with Gasteiger partial charge in [0.05, 0.1) is 21.3 Å².